The summed E-state index contributed by atoms with van der Waals surface area (Å²) in [5.41, 5.74) is 8.27. The molecule has 0 fully saturated rings. The van der Waals surface area contributed by atoms with E-state index in [4.69, 9.17) is 17.3 Å². The van der Waals surface area contributed by atoms with Crippen LogP contribution in [0, 0.1) is 0 Å². The summed E-state index contributed by atoms with van der Waals surface area (Å²) in [6.07, 6.45) is 5.76. The molecule has 1 aliphatic heterocycles. The second kappa shape index (κ2) is 8.13. The highest BCUT2D eigenvalue weighted by atomic mass is 35.5. The van der Waals surface area contributed by atoms with Gasteiger partial charge in [0.2, 0.25) is 5.91 Å². The number of aryl methyl sites for hydroxylation is 1. The van der Waals surface area contributed by atoms with Gasteiger partial charge in [-0.1, -0.05) is 23.8 Å². The number of carbonyl (C=O) groups excluding carboxylic acids is 2. The van der Waals surface area contributed by atoms with Crippen LogP contribution in [0.3, 0.4) is 0 Å². The number of allylic oxidation sites excluding steroid dienone is 2. The number of nitrogen functional groups attached to an aromatic ring is 1. The van der Waals surface area contributed by atoms with E-state index in [1.54, 1.807) is 12.1 Å². The number of nitrogens with two attached hydrogens (primary N) is 1. The minimum atomic E-state index is -0.643. The van der Waals surface area contributed by atoms with E-state index in [2.05, 4.69) is 25.3 Å². The third kappa shape index (κ3) is 4.40. The Bertz CT molecular complexity index is 907. The van der Waals surface area contributed by atoms with E-state index in [9.17, 15) is 9.59 Å². The summed E-state index contributed by atoms with van der Waals surface area (Å²) < 4.78 is 4.60. The fraction of sp³-hybridized carbons (Fsp3) is 0.278. The van der Waals surface area contributed by atoms with Crippen LogP contribution in [0.5, 0.6) is 0 Å². The summed E-state index contributed by atoms with van der Waals surface area (Å²) in [5.74, 6) is 0.550. The Hall–Kier alpha value is -3.00. The standard InChI is InChI=1S/C18H20ClN5O3/c1-27-18(26)21-10-8-11(20)15-12(9-10)22-14(25)7-5-3-2-4-6-13-23-16(15)17(19)24-13/h2-3,8-9H,4-7,20H2,1H3,(H,21,26)(H,22,25)(H,23,24). The van der Waals surface area contributed by atoms with Gasteiger partial charge in [0.05, 0.1) is 18.4 Å². The van der Waals surface area contributed by atoms with Crippen molar-refractivity contribution in [1.29, 1.82) is 0 Å². The number of hydrogen-bond acceptors (Lipinski definition) is 5. The molecule has 8 nitrogen and oxygen atoms in total. The molecule has 1 aromatic heterocycles. The van der Waals surface area contributed by atoms with Crippen molar-refractivity contribution in [2.45, 2.75) is 25.7 Å². The number of nitrogens with one attached hydrogen (secondary N) is 3. The lowest BCUT2D eigenvalue weighted by molar-refractivity contribution is -0.116. The molecule has 2 bridgehead atoms. The minimum absolute atomic E-state index is 0.179. The Balaban J connectivity index is 2.11. The SMILES string of the molecule is COC(=O)Nc1cc(N)c2c(c1)NC(=O)CCC=CCCc1nc-2c(Cl)[nH]1. The monoisotopic (exact) mass is 389 g/mol. The van der Waals surface area contributed by atoms with Gasteiger partial charge in [0.1, 0.15) is 16.7 Å². The first-order chi connectivity index (χ1) is 13.0. The molecule has 0 aliphatic carbocycles. The van der Waals surface area contributed by atoms with Gasteiger partial charge in [-0.05, 0) is 25.0 Å². The first kappa shape index (κ1) is 18.8. The smallest absolute Gasteiger partial charge is 0.411 e. The molecule has 2 heterocycles. The number of H-pyrrole nitrogens is 1. The van der Waals surface area contributed by atoms with Crippen molar-refractivity contribution in [3.8, 4) is 11.3 Å². The van der Waals surface area contributed by atoms with Crippen molar-refractivity contribution in [3.05, 3.63) is 35.3 Å². The van der Waals surface area contributed by atoms with Crippen LogP contribution in [0.25, 0.3) is 11.3 Å². The van der Waals surface area contributed by atoms with Gasteiger partial charge in [-0.15, -0.1) is 0 Å². The number of aromatic amines is 1. The van der Waals surface area contributed by atoms with Gasteiger partial charge in [0, 0.05) is 24.2 Å². The van der Waals surface area contributed by atoms with E-state index in [0.717, 1.165) is 12.2 Å². The number of rotatable bonds is 1. The fourth-order valence-electron chi connectivity index (χ4n) is 2.83. The topological polar surface area (TPSA) is 122 Å². The Kier molecular flexibility index (Phi) is 5.66. The maximum absolute atomic E-state index is 12.3. The van der Waals surface area contributed by atoms with Crippen molar-refractivity contribution in [1.82, 2.24) is 9.97 Å². The zero-order valence-electron chi connectivity index (χ0n) is 14.8. The van der Waals surface area contributed by atoms with Crippen molar-refractivity contribution < 1.29 is 14.3 Å². The highest BCUT2D eigenvalue weighted by Gasteiger charge is 2.20. The van der Waals surface area contributed by atoms with Gasteiger partial charge in [0.25, 0.3) is 0 Å². The van der Waals surface area contributed by atoms with Gasteiger partial charge in [-0.25, -0.2) is 9.78 Å². The molecular weight excluding hydrogens is 370 g/mol. The van der Waals surface area contributed by atoms with Crippen LogP contribution in [-0.2, 0) is 16.0 Å². The lowest BCUT2D eigenvalue weighted by Gasteiger charge is -2.15. The predicted octanol–water partition coefficient (Wildman–Crippen LogP) is 3.71. The van der Waals surface area contributed by atoms with Crippen LogP contribution in [0.4, 0.5) is 21.9 Å². The summed E-state index contributed by atoms with van der Waals surface area (Å²) in [6, 6.07) is 3.16. The number of fused-ring (bicyclic) bond motifs is 4. The average molecular weight is 390 g/mol. The number of imidazole rings is 1. The quantitative estimate of drug-likeness (QED) is 0.437. The third-order valence-electron chi connectivity index (χ3n) is 4.07. The van der Waals surface area contributed by atoms with E-state index < -0.39 is 6.09 Å². The average Bonchev–Trinajstić information content (AvgIpc) is 2.97. The largest absolute Gasteiger partial charge is 0.453 e. The Labute approximate surface area is 161 Å². The zero-order chi connectivity index (χ0) is 19.4. The van der Waals surface area contributed by atoms with Gasteiger partial charge in [0.15, 0.2) is 0 Å². The number of nitrogens with zero attached hydrogens (tertiary/aromatic N) is 1. The molecule has 0 saturated carbocycles. The number of carbonyl (C=O) groups is 2. The molecule has 27 heavy (non-hydrogen) atoms. The molecule has 1 aliphatic rings. The number of hydrogen-bond donors (Lipinski definition) is 4. The Morgan fingerprint density at radius 1 is 1.30 bits per heavy atom. The molecule has 0 spiro atoms. The summed E-state index contributed by atoms with van der Waals surface area (Å²) in [4.78, 5) is 31.4. The second-order valence-electron chi connectivity index (χ2n) is 6.05. The number of ether oxygens (including phenoxy) is 1. The number of aromatic nitrogens is 2. The summed E-state index contributed by atoms with van der Waals surface area (Å²) in [7, 11) is 1.26. The Morgan fingerprint density at radius 3 is 2.78 bits per heavy atom. The summed E-state index contributed by atoms with van der Waals surface area (Å²) >= 11 is 6.34. The maximum Gasteiger partial charge on any atom is 0.411 e. The zero-order valence-corrected chi connectivity index (χ0v) is 15.5. The second-order valence-corrected chi connectivity index (χ2v) is 6.43. The number of anilines is 3. The molecule has 142 valence electrons. The molecule has 3 rings (SSSR count). The molecule has 5 N–H and O–H groups in total. The molecule has 0 unspecified atom stereocenters. The molecule has 0 saturated heterocycles. The van der Waals surface area contributed by atoms with Crippen LogP contribution >= 0.6 is 11.6 Å². The number of amides is 2. The van der Waals surface area contributed by atoms with E-state index >= 15 is 0 Å². The van der Waals surface area contributed by atoms with Crippen molar-refractivity contribution >= 4 is 40.7 Å². The van der Waals surface area contributed by atoms with Gasteiger partial charge in [-0.3, -0.25) is 10.1 Å². The van der Waals surface area contributed by atoms with Gasteiger partial charge >= 0.3 is 6.09 Å². The van der Waals surface area contributed by atoms with Crippen LogP contribution in [0.15, 0.2) is 24.3 Å². The Morgan fingerprint density at radius 2 is 2.04 bits per heavy atom. The van der Waals surface area contributed by atoms with Gasteiger partial charge < -0.3 is 20.8 Å². The van der Waals surface area contributed by atoms with Crippen LogP contribution in [-0.4, -0.2) is 29.1 Å². The lowest BCUT2D eigenvalue weighted by atomic mass is 10.1. The fourth-order valence-corrected chi connectivity index (χ4v) is 3.08. The van der Waals surface area contributed by atoms with Crippen molar-refractivity contribution in [3.63, 3.8) is 0 Å². The number of benzene rings is 1. The predicted molar refractivity (Wildman–Crippen MR) is 105 cm³/mol. The first-order valence-corrected chi connectivity index (χ1v) is 8.84. The van der Waals surface area contributed by atoms with E-state index in [1.807, 2.05) is 12.2 Å². The van der Waals surface area contributed by atoms with Crippen LogP contribution in [0.2, 0.25) is 5.15 Å². The van der Waals surface area contributed by atoms with Crippen LogP contribution in [0.1, 0.15) is 25.1 Å². The van der Waals surface area contributed by atoms with Crippen molar-refractivity contribution in [2.24, 2.45) is 0 Å². The molecular formula is C18H20ClN5O3. The highest BCUT2D eigenvalue weighted by Crippen LogP contribution is 2.39. The summed E-state index contributed by atoms with van der Waals surface area (Å²) in [5, 5.41) is 5.72. The number of halogens is 1. The lowest BCUT2D eigenvalue weighted by Crippen LogP contribution is -2.15. The third-order valence-corrected chi connectivity index (χ3v) is 4.35. The van der Waals surface area contributed by atoms with E-state index in [-0.39, 0.29) is 5.91 Å². The van der Waals surface area contributed by atoms with Gasteiger partial charge in [-0.2, -0.15) is 0 Å². The van der Waals surface area contributed by atoms with E-state index in [1.165, 1.54) is 7.11 Å². The summed E-state index contributed by atoms with van der Waals surface area (Å²) in [6.45, 7) is 0. The van der Waals surface area contributed by atoms with E-state index in [0.29, 0.717) is 52.7 Å². The molecule has 9 heteroatoms. The molecule has 2 amide bonds. The maximum atomic E-state index is 12.3. The van der Waals surface area contributed by atoms with Crippen LogP contribution < -0.4 is 16.4 Å². The molecule has 0 atom stereocenters. The molecule has 0 radical (unpaired) electrons. The molecule has 1 aromatic carbocycles. The highest BCUT2D eigenvalue weighted by molar-refractivity contribution is 6.32. The number of methoxy groups -OCH3 is 1. The minimum Gasteiger partial charge on any atom is -0.453 e. The molecule has 2 aromatic rings. The van der Waals surface area contributed by atoms with Crippen molar-refractivity contribution in [2.75, 3.05) is 23.5 Å². The first-order valence-electron chi connectivity index (χ1n) is 8.46. The normalized spacial score (nSPS) is 14.2.